The molecule has 0 unspecified atom stereocenters. The summed E-state index contributed by atoms with van der Waals surface area (Å²) in [4.78, 5) is 18.1. The number of H-pyrrole nitrogens is 1. The van der Waals surface area contributed by atoms with Gasteiger partial charge in [0, 0.05) is 18.1 Å². The zero-order chi connectivity index (χ0) is 14.2. The van der Waals surface area contributed by atoms with E-state index in [9.17, 15) is 4.79 Å². The second kappa shape index (κ2) is 5.13. The van der Waals surface area contributed by atoms with Crippen LogP contribution in [0.2, 0.25) is 0 Å². The number of aromatic nitrogens is 3. The van der Waals surface area contributed by atoms with Crippen LogP contribution in [-0.2, 0) is 0 Å². The van der Waals surface area contributed by atoms with Crippen molar-refractivity contribution in [1.82, 2.24) is 19.9 Å². The molecule has 2 N–H and O–H groups in total. The van der Waals surface area contributed by atoms with Crippen LogP contribution in [0.4, 0.5) is 0 Å². The molecule has 0 saturated carbocycles. The summed E-state index contributed by atoms with van der Waals surface area (Å²) in [5.41, 5.74) is 2.55. The normalized spacial score (nSPS) is 16.6. The highest BCUT2D eigenvalue weighted by Gasteiger charge is 2.18. The van der Waals surface area contributed by atoms with Crippen molar-refractivity contribution in [2.75, 3.05) is 13.1 Å². The summed E-state index contributed by atoms with van der Waals surface area (Å²) in [6.45, 7) is 2.00. The molecule has 1 aliphatic heterocycles. The number of hydrogen-bond donors (Lipinski definition) is 2. The van der Waals surface area contributed by atoms with Crippen LogP contribution in [0, 0.1) is 0 Å². The topological polar surface area (TPSA) is 62.2 Å². The van der Waals surface area contributed by atoms with Crippen molar-refractivity contribution in [1.29, 1.82) is 0 Å². The zero-order valence-corrected chi connectivity index (χ0v) is 12.3. The van der Waals surface area contributed by atoms with E-state index in [2.05, 4.69) is 10.4 Å². The van der Waals surface area contributed by atoms with Gasteiger partial charge in [0.2, 0.25) is 0 Å². The zero-order valence-electron chi connectivity index (χ0n) is 11.5. The molecule has 0 amide bonds. The van der Waals surface area contributed by atoms with Crippen molar-refractivity contribution in [2.45, 2.75) is 18.8 Å². The minimum Gasteiger partial charge on any atom is -0.317 e. The first kappa shape index (κ1) is 12.8. The van der Waals surface area contributed by atoms with Gasteiger partial charge in [0.25, 0.3) is 5.56 Å². The highest BCUT2D eigenvalue weighted by molar-refractivity contribution is 7.13. The van der Waals surface area contributed by atoms with Crippen molar-refractivity contribution >= 4 is 17.0 Å². The molecule has 0 aromatic carbocycles. The second-order valence-corrected chi connectivity index (χ2v) is 6.33. The lowest BCUT2D eigenvalue weighted by atomic mass is 9.94. The van der Waals surface area contributed by atoms with Crippen LogP contribution in [0.15, 0.2) is 34.4 Å². The van der Waals surface area contributed by atoms with Crippen LogP contribution in [0.3, 0.4) is 0 Å². The Morgan fingerprint density at radius 1 is 1.29 bits per heavy atom. The minimum absolute atomic E-state index is 0.0312. The van der Waals surface area contributed by atoms with Crippen molar-refractivity contribution in [2.24, 2.45) is 0 Å². The molecule has 1 aliphatic rings. The molecule has 21 heavy (non-hydrogen) atoms. The number of rotatable bonds is 2. The van der Waals surface area contributed by atoms with E-state index >= 15 is 0 Å². The highest BCUT2D eigenvalue weighted by Crippen LogP contribution is 2.25. The Morgan fingerprint density at radius 2 is 2.14 bits per heavy atom. The molecule has 1 saturated heterocycles. The monoisotopic (exact) mass is 300 g/mol. The molecule has 3 aromatic rings. The average Bonchev–Trinajstić information content (AvgIpc) is 3.17. The Labute approximate surface area is 125 Å². The van der Waals surface area contributed by atoms with Crippen LogP contribution in [-0.4, -0.2) is 27.7 Å². The molecule has 0 radical (unpaired) electrons. The number of nitrogens with zero attached hydrogens (tertiary/aromatic N) is 2. The van der Waals surface area contributed by atoms with Gasteiger partial charge in [-0.25, -0.2) is 9.50 Å². The van der Waals surface area contributed by atoms with Gasteiger partial charge in [-0.05, 0) is 37.4 Å². The predicted octanol–water partition coefficient (Wildman–Crippen LogP) is 2.22. The van der Waals surface area contributed by atoms with Crippen LogP contribution < -0.4 is 10.9 Å². The van der Waals surface area contributed by atoms with Gasteiger partial charge in [-0.3, -0.25) is 9.89 Å². The second-order valence-electron chi connectivity index (χ2n) is 5.38. The van der Waals surface area contributed by atoms with E-state index in [1.165, 1.54) is 4.52 Å². The number of fused-ring (bicyclic) bond motifs is 1. The Morgan fingerprint density at radius 3 is 2.90 bits per heavy atom. The summed E-state index contributed by atoms with van der Waals surface area (Å²) in [5, 5.41) is 8.50. The molecule has 4 rings (SSSR count). The number of thiophene rings is 1. The van der Waals surface area contributed by atoms with E-state index in [-0.39, 0.29) is 5.56 Å². The van der Waals surface area contributed by atoms with Gasteiger partial charge < -0.3 is 5.32 Å². The largest absolute Gasteiger partial charge is 0.317 e. The van der Waals surface area contributed by atoms with Crippen molar-refractivity contribution in [3.05, 3.63) is 45.7 Å². The molecular weight excluding hydrogens is 284 g/mol. The summed E-state index contributed by atoms with van der Waals surface area (Å²) in [6.07, 6.45) is 2.09. The SMILES string of the molecule is O=c1cc(C2CCNCC2)nc2cc(-c3cccs3)[nH]n12. The third-order valence-corrected chi connectivity index (χ3v) is 4.92. The van der Waals surface area contributed by atoms with E-state index < -0.39 is 0 Å². The van der Waals surface area contributed by atoms with Crippen molar-refractivity contribution < 1.29 is 0 Å². The molecular formula is C15H16N4OS. The summed E-state index contributed by atoms with van der Waals surface area (Å²) in [5.74, 6) is 0.393. The summed E-state index contributed by atoms with van der Waals surface area (Å²) in [6, 6.07) is 7.67. The Balaban J connectivity index is 1.80. The first-order chi connectivity index (χ1) is 10.3. The minimum atomic E-state index is -0.0312. The lowest BCUT2D eigenvalue weighted by molar-refractivity contribution is 0.453. The molecule has 1 fully saturated rings. The predicted molar refractivity (Wildman–Crippen MR) is 84.0 cm³/mol. The number of aromatic amines is 1. The van der Waals surface area contributed by atoms with E-state index in [0.29, 0.717) is 11.6 Å². The van der Waals surface area contributed by atoms with Crippen molar-refractivity contribution in [3.8, 4) is 10.6 Å². The van der Waals surface area contributed by atoms with E-state index in [1.54, 1.807) is 17.4 Å². The van der Waals surface area contributed by atoms with Crippen LogP contribution >= 0.6 is 11.3 Å². The Hall–Kier alpha value is -1.92. The molecule has 108 valence electrons. The molecule has 0 bridgehead atoms. The summed E-state index contributed by atoms with van der Waals surface area (Å²) >= 11 is 1.65. The Kier molecular flexibility index (Phi) is 3.12. The first-order valence-electron chi connectivity index (χ1n) is 7.18. The Bertz CT molecular complexity index is 812. The fourth-order valence-corrected chi connectivity index (χ4v) is 3.59. The number of hydrogen-bond acceptors (Lipinski definition) is 4. The maximum atomic E-state index is 12.3. The van der Waals surface area contributed by atoms with E-state index in [0.717, 1.165) is 42.2 Å². The summed E-state index contributed by atoms with van der Waals surface area (Å²) in [7, 11) is 0. The third kappa shape index (κ3) is 2.30. The highest BCUT2D eigenvalue weighted by atomic mass is 32.1. The molecule has 0 atom stereocenters. The molecule has 4 heterocycles. The fraction of sp³-hybridized carbons (Fsp3) is 0.333. The van der Waals surface area contributed by atoms with Gasteiger partial charge in [0.1, 0.15) is 0 Å². The van der Waals surface area contributed by atoms with Gasteiger partial charge in [0.15, 0.2) is 5.65 Å². The van der Waals surface area contributed by atoms with Gasteiger partial charge in [-0.2, -0.15) is 0 Å². The quantitative estimate of drug-likeness (QED) is 0.763. The molecule has 0 aliphatic carbocycles. The maximum Gasteiger partial charge on any atom is 0.272 e. The van der Waals surface area contributed by atoms with Crippen LogP contribution in [0.25, 0.3) is 16.2 Å². The number of piperidine rings is 1. The van der Waals surface area contributed by atoms with Crippen LogP contribution in [0.5, 0.6) is 0 Å². The fourth-order valence-electron chi connectivity index (χ4n) is 2.89. The maximum absolute atomic E-state index is 12.3. The first-order valence-corrected chi connectivity index (χ1v) is 8.06. The van der Waals surface area contributed by atoms with Gasteiger partial charge in [-0.15, -0.1) is 11.3 Å². The third-order valence-electron chi connectivity index (χ3n) is 4.01. The lowest BCUT2D eigenvalue weighted by Gasteiger charge is -2.21. The standard InChI is InChI=1S/C15H16N4OS/c20-15-9-11(10-3-5-16-6-4-10)17-14-8-12(18-19(14)15)13-2-1-7-21-13/h1-2,7-10,16,18H,3-6H2. The average molecular weight is 300 g/mol. The van der Waals surface area contributed by atoms with Crippen molar-refractivity contribution in [3.63, 3.8) is 0 Å². The van der Waals surface area contributed by atoms with Crippen LogP contribution in [0.1, 0.15) is 24.5 Å². The molecule has 3 aromatic heterocycles. The molecule has 5 nitrogen and oxygen atoms in total. The molecule has 0 spiro atoms. The van der Waals surface area contributed by atoms with E-state index in [1.807, 2.05) is 23.6 Å². The number of nitrogens with one attached hydrogen (secondary N) is 2. The van der Waals surface area contributed by atoms with Gasteiger partial charge >= 0.3 is 0 Å². The van der Waals surface area contributed by atoms with E-state index in [4.69, 9.17) is 4.98 Å². The smallest absolute Gasteiger partial charge is 0.272 e. The molecule has 6 heteroatoms. The van der Waals surface area contributed by atoms with Gasteiger partial charge in [-0.1, -0.05) is 6.07 Å². The van der Waals surface area contributed by atoms with Gasteiger partial charge in [0.05, 0.1) is 16.3 Å². The summed E-state index contributed by atoms with van der Waals surface area (Å²) < 4.78 is 1.53. The lowest BCUT2D eigenvalue weighted by Crippen LogP contribution is -2.28.